The molecule has 0 spiro atoms. The van der Waals surface area contributed by atoms with Crippen LogP contribution in [-0.4, -0.2) is 35.6 Å². The van der Waals surface area contributed by atoms with Gasteiger partial charge in [0.1, 0.15) is 0 Å². The van der Waals surface area contributed by atoms with Crippen LogP contribution in [0.1, 0.15) is 38.7 Å². The number of nitrogens with zero attached hydrogens (tertiary/aromatic N) is 2. The summed E-state index contributed by atoms with van der Waals surface area (Å²) in [6.45, 7) is 11.6. The standard InChI is InChI=1S/C16H29N3/c1-3-18-10-7-16(14-18)12-17-11-15(2)13-19-8-5-4-6-9-19/h7,10,14-15,17H,3-6,8-9,11-13H2,1-2H3. The molecule has 0 saturated carbocycles. The summed E-state index contributed by atoms with van der Waals surface area (Å²) in [5.74, 6) is 0.742. The van der Waals surface area contributed by atoms with Crippen molar-refractivity contribution in [3.8, 4) is 0 Å². The second-order valence-corrected chi connectivity index (χ2v) is 5.95. The average Bonchev–Trinajstić information content (AvgIpc) is 2.88. The number of rotatable bonds is 7. The van der Waals surface area contributed by atoms with Gasteiger partial charge in [-0.25, -0.2) is 0 Å². The minimum Gasteiger partial charge on any atom is -0.354 e. The lowest BCUT2D eigenvalue weighted by Gasteiger charge is -2.29. The highest BCUT2D eigenvalue weighted by Crippen LogP contribution is 2.10. The van der Waals surface area contributed by atoms with Crippen LogP contribution in [0.4, 0.5) is 0 Å². The highest BCUT2D eigenvalue weighted by Gasteiger charge is 2.12. The quantitative estimate of drug-likeness (QED) is 0.816. The zero-order chi connectivity index (χ0) is 13.5. The molecule has 0 amide bonds. The van der Waals surface area contributed by atoms with Gasteiger partial charge in [-0.05, 0) is 56.9 Å². The van der Waals surface area contributed by atoms with E-state index in [2.05, 4.69) is 47.1 Å². The largest absolute Gasteiger partial charge is 0.354 e. The fraction of sp³-hybridized carbons (Fsp3) is 0.750. The van der Waals surface area contributed by atoms with E-state index in [0.29, 0.717) is 0 Å². The summed E-state index contributed by atoms with van der Waals surface area (Å²) in [5.41, 5.74) is 1.40. The molecule has 1 aromatic heterocycles. The lowest BCUT2D eigenvalue weighted by molar-refractivity contribution is 0.199. The van der Waals surface area contributed by atoms with Crippen LogP contribution in [0.25, 0.3) is 0 Å². The van der Waals surface area contributed by atoms with Crippen molar-refractivity contribution in [2.24, 2.45) is 5.92 Å². The van der Waals surface area contributed by atoms with Crippen molar-refractivity contribution in [3.05, 3.63) is 24.0 Å². The summed E-state index contributed by atoms with van der Waals surface area (Å²) in [4.78, 5) is 2.63. The number of aryl methyl sites for hydroxylation is 1. The Kier molecular flexibility index (Phi) is 5.93. The molecule has 1 saturated heterocycles. The summed E-state index contributed by atoms with van der Waals surface area (Å²) in [7, 11) is 0. The second kappa shape index (κ2) is 7.71. The third-order valence-electron chi connectivity index (χ3n) is 4.02. The SMILES string of the molecule is CCn1ccc(CNCC(C)CN2CCCCC2)c1. The molecule has 0 bridgehead atoms. The predicted octanol–water partition coefficient (Wildman–Crippen LogP) is 2.72. The van der Waals surface area contributed by atoms with E-state index in [-0.39, 0.29) is 0 Å². The minimum atomic E-state index is 0.742. The normalized spacial score (nSPS) is 18.6. The van der Waals surface area contributed by atoms with Crippen LogP contribution in [-0.2, 0) is 13.1 Å². The molecule has 0 radical (unpaired) electrons. The topological polar surface area (TPSA) is 20.2 Å². The zero-order valence-corrected chi connectivity index (χ0v) is 12.6. The first kappa shape index (κ1) is 14.6. The van der Waals surface area contributed by atoms with E-state index in [1.54, 1.807) is 0 Å². The summed E-state index contributed by atoms with van der Waals surface area (Å²) >= 11 is 0. The van der Waals surface area contributed by atoms with E-state index in [1.165, 1.54) is 44.5 Å². The molecule has 2 heterocycles. The van der Waals surface area contributed by atoms with Gasteiger partial charge < -0.3 is 14.8 Å². The molecule has 19 heavy (non-hydrogen) atoms. The maximum atomic E-state index is 3.59. The molecule has 2 rings (SSSR count). The van der Waals surface area contributed by atoms with Gasteiger partial charge in [0.05, 0.1) is 0 Å². The Bertz CT molecular complexity index is 353. The predicted molar refractivity (Wildman–Crippen MR) is 81.3 cm³/mol. The van der Waals surface area contributed by atoms with Gasteiger partial charge in [-0.1, -0.05) is 13.3 Å². The Hall–Kier alpha value is -0.800. The summed E-state index contributed by atoms with van der Waals surface area (Å²) in [6.07, 6.45) is 8.61. The van der Waals surface area contributed by atoms with E-state index in [1.807, 2.05) is 0 Å². The van der Waals surface area contributed by atoms with Crippen LogP contribution in [0.5, 0.6) is 0 Å². The Morgan fingerprint density at radius 2 is 2.05 bits per heavy atom. The van der Waals surface area contributed by atoms with E-state index in [4.69, 9.17) is 0 Å². The van der Waals surface area contributed by atoms with Crippen LogP contribution < -0.4 is 5.32 Å². The number of likely N-dealkylation sites (tertiary alicyclic amines) is 1. The van der Waals surface area contributed by atoms with E-state index < -0.39 is 0 Å². The van der Waals surface area contributed by atoms with E-state index in [9.17, 15) is 0 Å². The Morgan fingerprint density at radius 3 is 2.74 bits per heavy atom. The third-order valence-corrected chi connectivity index (χ3v) is 4.02. The second-order valence-electron chi connectivity index (χ2n) is 5.95. The lowest BCUT2D eigenvalue weighted by atomic mass is 10.1. The van der Waals surface area contributed by atoms with Gasteiger partial charge in [-0.2, -0.15) is 0 Å². The van der Waals surface area contributed by atoms with Crippen LogP contribution in [0.15, 0.2) is 18.5 Å². The molecule has 3 nitrogen and oxygen atoms in total. The summed E-state index contributed by atoms with van der Waals surface area (Å²) in [5, 5.41) is 3.59. The molecule has 1 aromatic rings. The Balaban J connectivity index is 1.61. The molecule has 1 aliphatic heterocycles. The zero-order valence-electron chi connectivity index (χ0n) is 12.6. The molecular weight excluding hydrogens is 234 g/mol. The Morgan fingerprint density at radius 1 is 1.26 bits per heavy atom. The van der Waals surface area contributed by atoms with Gasteiger partial charge in [0.25, 0.3) is 0 Å². The fourth-order valence-electron chi connectivity index (χ4n) is 2.90. The van der Waals surface area contributed by atoms with Gasteiger partial charge in [0, 0.05) is 32.0 Å². The van der Waals surface area contributed by atoms with Crippen LogP contribution in [0.3, 0.4) is 0 Å². The van der Waals surface area contributed by atoms with E-state index >= 15 is 0 Å². The van der Waals surface area contributed by atoms with Gasteiger partial charge in [-0.3, -0.25) is 0 Å². The van der Waals surface area contributed by atoms with Crippen molar-refractivity contribution in [1.82, 2.24) is 14.8 Å². The lowest BCUT2D eigenvalue weighted by Crippen LogP contribution is -2.36. The van der Waals surface area contributed by atoms with Crippen molar-refractivity contribution < 1.29 is 0 Å². The van der Waals surface area contributed by atoms with E-state index in [0.717, 1.165) is 25.6 Å². The average molecular weight is 263 g/mol. The molecule has 3 heteroatoms. The van der Waals surface area contributed by atoms with Gasteiger partial charge >= 0.3 is 0 Å². The number of piperidine rings is 1. The van der Waals surface area contributed by atoms with Crippen molar-refractivity contribution in [1.29, 1.82) is 0 Å². The molecular formula is C16H29N3. The third kappa shape index (κ3) is 5.00. The van der Waals surface area contributed by atoms with Gasteiger partial charge in [-0.15, -0.1) is 0 Å². The van der Waals surface area contributed by atoms with Crippen LogP contribution >= 0.6 is 0 Å². The van der Waals surface area contributed by atoms with Crippen molar-refractivity contribution in [2.75, 3.05) is 26.2 Å². The maximum absolute atomic E-state index is 3.59. The van der Waals surface area contributed by atoms with Gasteiger partial charge in [0.15, 0.2) is 0 Å². The van der Waals surface area contributed by atoms with Crippen LogP contribution in [0.2, 0.25) is 0 Å². The summed E-state index contributed by atoms with van der Waals surface area (Å²) in [6, 6.07) is 2.21. The van der Waals surface area contributed by atoms with Crippen molar-refractivity contribution in [2.45, 2.75) is 46.2 Å². The van der Waals surface area contributed by atoms with Crippen molar-refractivity contribution >= 4 is 0 Å². The first-order valence-electron chi connectivity index (χ1n) is 7.85. The first-order chi connectivity index (χ1) is 9.28. The molecule has 1 N–H and O–H groups in total. The number of nitrogens with one attached hydrogen (secondary N) is 1. The number of hydrogen-bond donors (Lipinski definition) is 1. The Labute approximate surface area is 118 Å². The highest BCUT2D eigenvalue weighted by atomic mass is 15.1. The number of aromatic nitrogens is 1. The first-order valence-corrected chi connectivity index (χ1v) is 7.85. The smallest absolute Gasteiger partial charge is 0.0220 e. The molecule has 1 fully saturated rings. The molecule has 0 aliphatic carbocycles. The number of hydrogen-bond acceptors (Lipinski definition) is 2. The summed E-state index contributed by atoms with van der Waals surface area (Å²) < 4.78 is 2.23. The van der Waals surface area contributed by atoms with Gasteiger partial charge in [0.2, 0.25) is 0 Å². The highest BCUT2D eigenvalue weighted by molar-refractivity contribution is 5.09. The van der Waals surface area contributed by atoms with Crippen LogP contribution in [0, 0.1) is 5.92 Å². The molecule has 1 aliphatic rings. The monoisotopic (exact) mass is 263 g/mol. The minimum absolute atomic E-state index is 0.742. The molecule has 1 atom stereocenters. The molecule has 1 unspecified atom stereocenters. The maximum Gasteiger partial charge on any atom is 0.0220 e. The fourth-order valence-corrected chi connectivity index (χ4v) is 2.90. The van der Waals surface area contributed by atoms with Crippen molar-refractivity contribution in [3.63, 3.8) is 0 Å². The molecule has 108 valence electrons. The molecule has 0 aromatic carbocycles.